The van der Waals surface area contributed by atoms with E-state index in [2.05, 4.69) is 20.5 Å². The molecule has 1 aliphatic heterocycles. The average molecular weight is 492 g/mol. The first kappa shape index (κ1) is 23.8. The van der Waals surface area contributed by atoms with E-state index < -0.39 is 0 Å². The Morgan fingerprint density at radius 2 is 2.00 bits per heavy atom. The molecule has 0 bridgehead atoms. The number of rotatable bonds is 9. The molecule has 0 saturated carbocycles. The molecule has 2 rings (SSSR count). The van der Waals surface area contributed by atoms with Gasteiger partial charge in [-0.05, 0) is 38.4 Å². The molecule has 1 saturated heterocycles. The largest absolute Gasteiger partial charge is 0.493 e. The highest BCUT2D eigenvalue weighted by Gasteiger charge is 2.09. The van der Waals surface area contributed by atoms with E-state index in [9.17, 15) is 0 Å². The standard InChI is InChI=1S/C19H32N4O3.HI/c1-4-26-18-15-16(7-8-17(18)24-3)22-19(20-2)21-9-5-6-10-23-11-13-25-14-12-23;/h7-8,15H,4-6,9-14H2,1-3H3,(H2,20,21,22);1H. The molecule has 0 unspecified atom stereocenters. The van der Waals surface area contributed by atoms with Gasteiger partial charge in [0.2, 0.25) is 0 Å². The minimum Gasteiger partial charge on any atom is -0.493 e. The first-order valence-electron chi connectivity index (χ1n) is 9.35. The van der Waals surface area contributed by atoms with Crippen LogP contribution in [0.3, 0.4) is 0 Å². The summed E-state index contributed by atoms with van der Waals surface area (Å²) in [7, 11) is 3.42. The summed E-state index contributed by atoms with van der Waals surface area (Å²) in [6.07, 6.45) is 2.27. The van der Waals surface area contributed by atoms with E-state index in [1.165, 1.54) is 6.42 Å². The van der Waals surface area contributed by atoms with Crippen LogP contribution in [0.15, 0.2) is 23.2 Å². The molecule has 1 heterocycles. The fourth-order valence-electron chi connectivity index (χ4n) is 2.83. The number of hydrogen-bond donors (Lipinski definition) is 2. The van der Waals surface area contributed by atoms with E-state index in [0.717, 1.165) is 69.0 Å². The Bertz CT molecular complexity index is 566. The van der Waals surface area contributed by atoms with Gasteiger partial charge in [0.15, 0.2) is 17.5 Å². The molecule has 1 aromatic rings. The van der Waals surface area contributed by atoms with Crippen LogP contribution in [0.2, 0.25) is 0 Å². The fraction of sp³-hybridized carbons (Fsp3) is 0.632. The lowest BCUT2D eigenvalue weighted by molar-refractivity contribution is 0.0372. The van der Waals surface area contributed by atoms with Crippen molar-refractivity contribution in [3.8, 4) is 11.5 Å². The van der Waals surface area contributed by atoms with Crippen LogP contribution < -0.4 is 20.1 Å². The van der Waals surface area contributed by atoms with Crippen molar-refractivity contribution < 1.29 is 14.2 Å². The molecule has 0 spiro atoms. The van der Waals surface area contributed by atoms with Crippen LogP contribution in [-0.4, -0.2) is 71.0 Å². The average Bonchev–Trinajstić information content (AvgIpc) is 2.68. The maximum Gasteiger partial charge on any atom is 0.195 e. The Morgan fingerprint density at radius 3 is 2.67 bits per heavy atom. The van der Waals surface area contributed by atoms with Crippen molar-refractivity contribution in [2.75, 3.05) is 65.5 Å². The topological polar surface area (TPSA) is 67.4 Å². The number of unbranched alkanes of at least 4 members (excludes halogenated alkanes) is 1. The number of benzene rings is 1. The molecular weight excluding hydrogens is 459 g/mol. The summed E-state index contributed by atoms with van der Waals surface area (Å²) in [5.74, 6) is 2.20. The van der Waals surface area contributed by atoms with Crippen molar-refractivity contribution >= 4 is 35.6 Å². The van der Waals surface area contributed by atoms with Crippen LogP contribution in [0.4, 0.5) is 5.69 Å². The van der Waals surface area contributed by atoms with Crippen molar-refractivity contribution in [1.29, 1.82) is 0 Å². The van der Waals surface area contributed by atoms with Gasteiger partial charge in [0.05, 0.1) is 26.9 Å². The number of nitrogens with one attached hydrogen (secondary N) is 2. The second-order valence-corrected chi connectivity index (χ2v) is 6.08. The second-order valence-electron chi connectivity index (χ2n) is 6.08. The molecule has 154 valence electrons. The molecule has 0 aromatic heterocycles. The van der Waals surface area contributed by atoms with Crippen molar-refractivity contribution in [2.24, 2.45) is 4.99 Å². The van der Waals surface area contributed by atoms with Gasteiger partial charge in [-0.3, -0.25) is 9.89 Å². The fourth-order valence-corrected chi connectivity index (χ4v) is 2.83. The summed E-state index contributed by atoms with van der Waals surface area (Å²) in [4.78, 5) is 6.75. The summed E-state index contributed by atoms with van der Waals surface area (Å²) in [5.41, 5.74) is 0.913. The van der Waals surface area contributed by atoms with Gasteiger partial charge in [0.1, 0.15) is 0 Å². The summed E-state index contributed by atoms with van der Waals surface area (Å²) >= 11 is 0. The van der Waals surface area contributed by atoms with Crippen molar-refractivity contribution in [1.82, 2.24) is 10.2 Å². The number of halogens is 1. The zero-order chi connectivity index (χ0) is 18.6. The zero-order valence-electron chi connectivity index (χ0n) is 16.6. The second kappa shape index (κ2) is 13.8. The van der Waals surface area contributed by atoms with Crippen LogP contribution in [0.25, 0.3) is 0 Å². The Balaban J connectivity index is 0.00000364. The zero-order valence-corrected chi connectivity index (χ0v) is 19.0. The Labute approximate surface area is 179 Å². The summed E-state index contributed by atoms with van der Waals surface area (Å²) < 4.78 is 16.3. The summed E-state index contributed by atoms with van der Waals surface area (Å²) in [6, 6.07) is 5.77. The van der Waals surface area contributed by atoms with Gasteiger partial charge < -0.3 is 24.8 Å². The molecule has 27 heavy (non-hydrogen) atoms. The highest BCUT2D eigenvalue weighted by molar-refractivity contribution is 14.0. The van der Waals surface area contributed by atoms with Crippen molar-refractivity contribution in [3.05, 3.63) is 18.2 Å². The SMILES string of the molecule is CCOc1cc(NC(=NC)NCCCCN2CCOCC2)ccc1OC.I. The molecule has 2 N–H and O–H groups in total. The first-order valence-corrected chi connectivity index (χ1v) is 9.35. The lowest BCUT2D eigenvalue weighted by Crippen LogP contribution is -2.37. The third-order valence-electron chi connectivity index (χ3n) is 4.25. The minimum absolute atomic E-state index is 0. The number of aliphatic imine (C=N–C) groups is 1. The highest BCUT2D eigenvalue weighted by atomic mass is 127. The molecule has 0 radical (unpaired) electrons. The van der Waals surface area contributed by atoms with Gasteiger partial charge in [-0.1, -0.05) is 0 Å². The van der Waals surface area contributed by atoms with E-state index in [-0.39, 0.29) is 24.0 Å². The van der Waals surface area contributed by atoms with Gasteiger partial charge in [-0.15, -0.1) is 24.0 Å². The van der Waals surface area contributed by atoms with E-state index in [4.69, 9.17) is 14.2 Å². The monoisotopic (exact) mass is 492 g/mol. The lowest BCUT2D eigenvalue weighted by atomic mass is 10.2. The number of anilines is 1. The van der Waals surface area contributed by atoms with Crippen LogP contribution in [-0.2, 0) is 4.74 Å². The lowest BCUT2D eigenvalue weighted by Gasteiger charge is -2.26. The maximum atomic E-state index is 5.62. The number of morpholine rings is 1. The summed E-state index contributed by atoms with van der Waals surface area (Å²) in [6.45, 7) is 8.39. The van der Waals surface area contributed by atoms with E-state index in [1.54, 1.807) is 14.2 Å². The molecule has 0 amide bonds. The number of ether oxygens (including phenoxy) is 3. The molecule has 1 aliphatic rings. The Kier molecular flexibility index (Phi) is 12.2. The Hall–Kier alpha value is -1.26. The maximum absolute atomic E-state index is 5.62. The predicted octanol–water partition coefficient (Wildman–Crippen LogP) is 2.81. The molecule has 7 nitrogen and oxygen atoms in total. The molecule has 1 fully saturated rings. The van der Waals surface area contributed by atoms with Gasteiger partial charge in [0, 0.05) is 38.4 Å². The van der Waals surface area contributed by atoms with Gasteiger partial charge in [0.25, 0.3) is 0 Å². The number of guanidine groups is 1. The Morgan fingerprint density at radius 1 is 1.22 bits per heavy atom. The van der Waals surface area contributed by atoms with Gasteiger partial charge in [-0.25, -0.2) is 0 Å². The smallest absolute Gasteiger partial charge is 0.195 e. The number of methoxy groups -OCH3 is 1. The predicted molar refractivity (Wildman–Crippen MR) is 121 cm³/mol. The van der Waals surface area contributed by atoms with Crippen molar-refractivity contribution in [3.63, 3.8) is 0 Å². The van der Waals surface area contributed by atoms with Gasteiger partial charge >= 0.3 is 0 Å². The highest BCUT2D eigenvalue weighted by Crippen LogP contribution is 2.30. The van der Waals surface area contributed by atoms with Crippen LogP contribution in [0.1, 0.15) is 19.8 Å². The molecule has 1 aromatic carbocycles. The van der Waals surface area contributed by atoms with E-state index in [1.807, 2.05) is 25.1 Å². The van der Waals surface area contributed by atoms with Crippen LogP contribution >= 0.6 is 24.0 Å². The quantitative estimate of drug-likeness (QED) is 0.239. The minimum atomic E-state index is 0. The molecule has 8 heteroatoms. The van der Waals surface area contributed by atoms with E-state index in [0.29, 0.717) is 6.61 Å². The van der Waals surface area contributed by atoms with Crippen LogP contribution in [0.5, 0.6) is 11.5 Å². The van der Waals surface area contributed by atoms with Crippen molar-refractivity contribution in [2.45, 2.75) is 19.8 Å². The molecule has 0 aliphatic carbocycles. The third kappa shape index (κ3) is 8.52. The van der Waals surface area contributed by atoms with E-state index >= 15 is 0 Å². The molecule has 0 atom stereocenters. The van der Waals surface area contributed by atoms with Gasteiger partial charge in [-0.2, -0.15) is 0 Å². The molecular formula is C19H33IN4O3. The first-order chi connectivity index (χ1) is 12.8. The summed E-state index contributed by atoms with van der Waals surface area (Å²) in [5, 5.41) is 6.65. The number of hydrogen-bond acceptors (Lipinski definition) is 5. The van der Waals surface area contributed by atoms with Crippen LogP contribution in [0, 0.1) is 0 Å². The number of nitrogens with zero attached hydrogens (tertiary/aromatic N) is 2. The third-order valence-corrected chi connectivity index (χ3v) is 4.25. The normalized spacial score (nSPS) is 15.0.